The number of thiazole rings is 2. The summed E-state index contributed by atoms with van der Waals surface area (Å²) in [5.41, 5.74) is 1.49. The Labute approximate surface area is 155 Å². The van der Waals surface area contributed by atoms with Gasteiger partial charge in [0.1, 0.15) is 20.7 Å². The van der Waals surface area contributed by atoms with Gasteiger partial charge in [0.2, 0.25) is 0 Å². The van der Waals surface area contributed by atoms with Crippen molar-refractivity contribution in [3.05, 3.63) is 53.7 Å². The molecule has 26 heavy (non-hydrogen) atoms. The van der Waals surface area contributed by atoms with E-state index in [4.69, 9.17) is 0 Å². The molecule has 4 rings (SSSR count). The third-order valence-electron chi connectivity index (χ3n) is 3.51. The van der Waals surface area contributed by atoms with Crippen LogP contribution in [0.4, 0.5) is 9.39 Å². The second-order valence-electron chi connectivity index (χ2n) is 5.21. The van der Waals surface area contributed by atoms with E-state index in [1.165, 1.54) is 41.1 Å². The summed E-state index contributed by atoms with van der Waals surface area (Å²) < 4.78 is 15.4. The summed E-state index contributed by atoms with van der Waals surface area (Å²) in [6.45, 7) is 0. The van der Waals surface area contributed by atoms with Crippen molar-refractivity contribution in [1.29, 1.82) is 0 Å². The van der Waals surface area contributed by atoms with Gasteiger partial charge in [0, 0.05) is 24.8 Å². The third-order valence-corrected chi connectivity index (χ3v) is 5.24. The van der Waals surface area contributed by atoms with Crippen LogP contribution in [0.5, 0.6) is 0 Å². The van der Waals surface area contributed by atoms with Crippen molar-refractivity contribution in [3.8, 4) is 21.4 Å². The maximum Gasteiger partial charge on any atom is 0.259 e. The van der Waals surface area contributed by atoms with Crippen LogP contribution in [0.2, 0.25) is 0 Å². The molecule has 0 saturated carbocycles. The van der Waals surface area contributed by atoms with Gasteiger partial charge in [-0.05, 0) is 12.1 Å². The lowest BCUT2D eigenvalue weighted by atomic mass is 10.2. The number of aryl methyl sites for hydroxylation is 1. The zero-order chi connectivity index (χ0) is 18.1. The second-order valence-corrected chi connectivity index (χ2v) is 7.14. The summed E-state index contributed by atoms with van der Waals surface area (Å²) in [6.07, 6.45) is 5.63. The van der Waals surface area contributed by atoms with E-state index in [9.17, 15) is 9.18 Å². The number of carbonyl (C=O) groups is 1. The minimum Gasteiger partial charge on any atom is -0.312 e. The molecule has 0 spiro atoms. The average molecular weight is 386 g/mol. The normalized spacial score (nSPS) is 10.8. The molecule has 0 unspecified atom stereocenters. The molecule has 1 N–H and O–H groups in total. The molecule has 4 aromatic heterocycles. The largest absolute Gasteiger partial charge is 0.312 e. The summed E-state index contributed by atoms with van der Waals surface area (Å²) in [5, 5.41) is 11.0. The molecule has 10 heteroatoms. The minimum atomic E-state index is -0.672. The number of hydrogen-bond donors (Lipinski definition) is 1. The molecule has 0 bridgehead atoms. The predicted molar refractivity (Wildman–Crippen MR) is 97.6 cm³/mol. The van der Waals surface area contributed by atoms with Crippen molar-refractivity contribution >= 4 is 33.6 Å². The number of anilines is 1. The van der Waals surface area contributed by atoms with Gasteiger partial charge < -0.3 is 5.32 Å². The number of carbonyl (C=O) groups excluding carboxylic acids is 1. The summed E-state index contributed by atoms with van der Waals surface area (Å²) >= 11 is 2.78. The molecular formula is C16H11FN6OS2. The van der Waals surface area contributed by atoms with Gasteiger partial charge in [-0.15, -0.1) is 11.3 Å². The van der Waals surface area contributed by atoms with Crippen LogP contribution in [0, 0.1) is 5.82 Å². The first-order valence-electron chi connectivity index (χ1n) is 7.43. The molecular weight excluding hydrogens is 375 g/mol. The van der Waals surface area contributed by atoms with Crippen molar-refractivity contribution < 1.29 is 9.18 Å². The average Bonchev–Trinajstić information content (AvgIpc) is 3.35. The zero-order valence-electron chi connectivity index (χ0n) is 13.4. The predicted octanol–water partition coefficient (Wildman–Crippen LogP) is 3.45. The molecule has 130 valence electrons. The summed E-state index contributed by atoms with van der Waals surface area (Å²) in [7, 11) is 1.82. The van der Waals surface area contributed by atoms with E-state index in [0.29, 0.717) is 10.0 Å². The first kappa shape index (κ1) is 16.5. The lowest BCUT2D eigenvalue weighted by Gasteiger charge is -2.02. The number of aromatic nitrogens is 5. The van der Waals surface area contributed by atoms with Gasteiger partial charge >= 0.3 is 0 Å². The maximum absolute atomic E-state index is 13.7. The van der Waals surface area contributed by atoms with Crippen LogP contribution in [0.3, 0.4) is 0 Å². The Morgan fingerprint density at radius 3 is 2.88 bits per heavy atom. The number of hydrogen-bond acceptors (Lipinski definition) is 7. The van der Waals surface area contributed by atoms with Crippen LogP contribution in [0.25, 0.3) is 21.4 Å². The van der Waals surface area contributed by atoms with Gasteiger partial charge in [0.15, 0.2) is 5.82 Å². The summed E-state index contributed by atoms with van der Waals surface area (Å²) in [5.74, 6) is -1.22. The number of amides is 1. The molecule has 1 amide bonds. The highest BCUT2D eigenvalue weighted by Crippen LogP contribution is 2.31. The number of halogens is 1. The van der Waals surface area contributed by atoms with Crippen molar-refractivity contribution in [2.75, 3.05) is 5.32 Å². The first-order valence-corrected chi connectivity index (χ1v) is 9.12. The number of nitrogens with zero attached hydrogens (tertiary/aromatic N) is 5. The SMILES string of the molecule is Cn1nc(-c2nccs2)cc1-c1ncc(NC(=O)c2ccncc2F)s1. The smallest absolute Gasteiger partial charge is 0.259 e. The van der Waals surface area contributed by atoms with Crippen LogP contribution in [-0.4, -0.2) is 30.6 Å². The molecule has 4 aromatic rings. The third kappa shape index (κ3) is 3.11. The fraction of sp³-hybridized carbons (Fsp3) is 0.0625. The van der Waals surface area contributed by atoms with E-state index in [1.807, 2.05) is 18.5 Å². The zero-order valence-corrected chi connectivity index (χ0v) is 15.0. The lowest BCUT2D eigenvalue weighted by molar-refractivity contribution is 0.102. The number of pyridine rings is 1. The lowest BCUT2D eigenvalue weighted by Crippen LogP contribution is -2.12. The van der Waals surface area contributed by atoms with Gasteiger partial charge in [-0.2, -0.15) is 5.10 Å². The van der Waals surface area contributed by atoms with Gasteiger partial charge in [0.05, 0.1) is 23.7 Å². The highest BCUT2D eigenvalue weighted by atomic mass is 32.1. The Morgan fingerprint density at radius 1 is 1.23 bits per heavy atom. The van der Waals surface area contributed by atoms with E-state index >= 15 is 0 Å². The van der Waals surface area contributed by atoms with E-state index in [2.05, 4.69) is 25.4 Å². The van der Waals surface area contributed by atoms with Crippen LogP contribution in [-0.2, 0) is 7.05 Å². The maximum atomic E-state index is 13.7. The minimum absolute atomic E-state index is 0.0680. The van der Waals surface area contributed by atoms with Gasteiger partial charge in [-0.25, -0.2) is 14.4 Å². The Bertz CT molecular complexity index is 1070. The van der Waals surface area contributed by atoms with Gasteiger partial charge in [-0.3, -0.25) is 14.5 Å². The molecule has 7 nitrogen and oxygen atoms in total. The van der Waals surface area contributed by atoms with Crippen LogP contribution < -0.4 is 5.32 Å². The number of nitrogens with one attached hydrogen (secondary N) is 1. The molecule has 0 radical (unpaired) electrons. The summed E-state index contributed by atoms with van der Waals surface area (Å²) in [6, 6.07) is 3.22. The molecule has 0 aliphatic heterocycles. The highest BCUT2D eigenvalue weighted by molar-refractivity contribution is 7.19. The molecule has 0 saturated heterocycles. The molecule has 0 aliphatic rings. The molecule has 0 fully saturated rings. The van der Waals surface area contributed by atoms with Crippen molar-refractivity contribution in [3.63, 3.8) is 0 Å². The Morgan fingerprint density at radius 2 is 2.12 bits per heavy atom. The monoisotopic (exact) mass is 386 g/mol. The Kier molecular flexibility index (Phi) is 4.27. The van der Waals surface area contributed by atoms with E-state index < -0.39 is 11.7 Å². The topological polar surface area (TPSA) is 85.6 Å². The van der Waals surface area contributed by atoms with Crippen LogP contribution in [0.1, 0.15) is 10.4 Å². The molecule has 0 atom stereocenters. The number of rotatable bonds is 4. The van der Waals surface area contributed by atoms with E-state index in [1.54, 1.807) is 10.9 Å². The molecule has 0 aliphatic carbocycles. The van der Waals surface area contributed by atoms with E-state index in [-0.39, 0.29) is 5.56 Å². The fourth-order valence-corrected chi connectivity index (χ4v) is 3.76. The van der Waals surface area contributed by atoms with Crippen molar-refractivity contribution in [2.45, 2.75) is 0 Å². The summed E-state index contributed by atoms with van der Waals surface area (Å²) in [4.78, 5) is 24.4. The molecule has 4 heterocycles. The second kappa shape index (κ2) is 6.73. The van der Waals surface area contributed by atoms with Crippen molar-refractivity contribution in [1.82, 2.24) is 24.7 Å². The van der Waals surface area contributed by atoms with Gasteiger partial charge in [-0.1, -0.05) is 11.3 Å². The first-order chi connectivity index (χ1) is 12.6. The van der Waals surface area contributed by atoms with Gasteiger partial charge in [0.25, 0.3) is 5.91 Å². The highest BCUT2D eigenvalue weighted by Gasteiger charge is 2.16. The van der Waals surface area contributed by atoms with E-state index in [0.717, 1.165) is 22.6 Å². The molecule has 0 aromatic carbocycles. The van der Waals surface area contributed by atoms with Crippen molar-refractivity contribution in [2.24, 2.45) is 7.05 Å². The fourth-order valence-electron chi connectivity index (χ4n) is 2.31. The Balaban J connectivity index is 1.57. The quantitative estimate of drug-likeness (QED) is 0.581. The Hall–Kier alpha value is -2.98. The van der Waals surface area contributed by atoms with Crippen LogP contribution >= 0.6 is 22.7 Å². The van der Waals surface area contributed by atoms with Crippen LogP contribution in [0.15, 0.2) is 42.3 Å². The standard InChI is InChI=1S/C16H11FN6OS2/c1-23-12(6-11(22-23)15-19-4-5-25-15)16-20-8-13(26-16)21-14(24)9-2-3-18-7-10(9)17/h2-8H,1H3,(H,21,24).